The Balaban J connectivity index is 2.37. The second kappa shape index (κ2) is 5.08. The Kier molecular flexibility index (Phi) is 3.71. The highest BCUT2D eigenvalue weighted by Gasteiger charge is 2.32. The van der Waals surface area contributed by atoms with Crippen LogP contribution in [0, 0.1) is 11.6 Å². The fraction of sp³-hybridized carbons (Fsp3) is 0.500. The van der Waals surface area contributed by atoms with E-state index in [0.717, 1.165) is 12.1 Å². The lowest BCUT2D eigenvalue weighted by Crippen LogP contribution is -2.46. The molecule has 2 N–H and O–H groups in total. The predicted molar refractivity (Wildman–Crippen MR) is 60.5 cm³/mol. The van der Waals surface area contributed by atoms with E-state index in [1.807, 2.05) is 11.9 Å². The van der Waals surface area contributed by atoms with Gasteiger partial charge in [0, 0.05) is 18.7 Å². The number of benzene rings is 1. The number of likely N-dealkylation sites (N-methyl/N-ethyl adjacent to an activating group) is 1. The van der Waals surface area contributed by atoms with Gasteiger partial charge in [0.25, 0.3) is 0 Å². The van der Waals surface area contributed by atoms with E-state index in [0.29, 0.717) is 18.7 Å². The van der Waals surface area contributed by atoms with Crippen molar-refractivity contribution >= 4 is 0 Å². The van der Waals surface area contributed by atoms with E-state index in [2.05, 4.69) is 0 Å². The predicted octanol–water partition coefficient (Wildman–Crippen LogP) is 1.30. The summed E-state index contributed by atoms with van der Waals surface area (Å²) >= 11 is 0. The second-order valence-corrected chi connectivity index (χ2v) is 4.24. The standard InChI is InChI=1S/C12H16F2N2O/c1-16-4-5-17-11(7-15)12(16)9-6-8(13)2-3-10(9)14/h2-3,6,11-12H,4-5,7,15H2,1H3. The third kappa shape index (κ3) is 2.46. The van der Waals surface area contributed by atoms with Gasteiger partial charge in [0.2, 0.25) is 0 Å². The van der Waals surface area contributed by atoms with Crippen molar-refractivity contribution in [2.24, 2.45) is 5.73 Å². The van der Waals surface area contributed by atoms with E-state index in [1.165, 1.54) is 6.07 Å². The minimum absolute atomic E-state index is 0.283. The molecule has 1 aliphatic rings. The lowest BCUT2D eigenvalue weighted by atomic mass is 9.98. The summed E-state index contributed by atoms with van der Waals surface area (Å²) in [5.74, 6) is -0.872. The Morgan fingerprint density at radius 2 is 2.24 bits per heavy atom. The maximum absolute atomic E-state index is 13.7. The van der Waals surface area contributed by atoms with Crippen LogP contribution in [0.4, 0.5) is 8.78 Å². The summed E-state index contributed by atoms with van der Waals surface area (Å²) < 4.78 is 32.5. The molecule has 0 spiro atoms. The maximum atomic E-state index is 13.7. The number of hydrogen-bond acceptors (Lipinski definition) is 3. The average Bonchev–Trinajstić information content (AvgIpc) is 2.32. The monoisotopic (exact) mass is 242 g/mol. The van der Waals surface area contributed by atoms with Crippen LogP contribution < -0.4 is 5.73 Å². The van der Waals surface area contributed by atoms with Gasteiger partial charge < -0.3 is 10.5 Å². The fourth-order valence-corrected chi connectivity index (χ4v) is 2.24. The Hall–Kier alpha value is -1.04. The van der Waals surface area contributed by atoms with Gasteiger partial charge in [-0.3, -0.25) is 4.90 Å². The largest absolute Gasteiger partial charge is 0.374 e. The van der Waals surface area contributed by atoms with Crippen LogP contribution in [0.1, 0.15) is 11.6 Å². The molecule has 1 fully saturated rings. The minimum Gasteiger partial charge on any atom is -0.374 e. The van der Waals surface area contributed by atoms with Crippen molar-refractivity contribution in [2.75, 3.05) is 26.7 Å². The molecule has 1 aromatic carbocycles. The number of nitrogens with zero attached hydrogens (tertiary/aromatic N) is 1. The van der Waals surface area contributed by atoms with Crippen molar-refractivity contribution in [3.63, 3.8) is 0 Å². The number of hydrogen-bond donors (Lipinski definition) is 1. The molecule has 0 radical (unpaired) electrons. The van der Waals surface area contributed by atoms with Crippen LogP contribution in [0.25, 0.3) is 0 Å². The van der Waals surface area contributed by atoms with Crippen LogP contribution >= 0.6 is 0 Å². The first-order valence-corrected chi connectivity index (χ1v) is 5.60. The highest BCUT2D eigenvalue weighted by molar-refractivity contribution is 5.24. The normalized spacial score (nSPS) is 26.1. The summed E-state index contributed by atoms with van der Waals surface area (Å²) in [7, 11) is 1.86. The topological polar surface area (TPSA) is 38.5 Å². The van der Waals surface area contributed by atoms with Crippen molar-refractivity contribution in [2.45, 2.75) is 12.1 Å². The Bertz CT molecular complexity index is 400. The Morgan fingerprint density at radius 1 is 1.47 bits per heavy atom. The van der Waals surface area contributed by atoms with Gasteiger partial charge in [0.05, 0.1) is 18.8 Å². The van der Waals surface area contributed by atoms with Gasteiger partial charge in [-0.15, -0.1) is 0 Å². The molecule has 94 valence electrons. The van der Waals surface area contributed by atoms with Gasteiger partial charge in [-0.1, -0.05) is 0 Å². The summed E-state index contributed by atoms with van der Waals surface area (Å²) in [6.07, 6.45) is -0.301. The molecule has 1 aliphatic heterocycles. The van der Waals surface area contributed by atoms with E-state index in [9.17, 15) is 8.78 Å². The van der Waals surface area contributed by atoms with Gasteiger partial charge in [0.15, 0.2) is 0 Å². The molecule has 0 saturated carbocycles. The zero-order chi connectivity index (χ0) is 12.4. The SMILES string of the molecule is CN1CCOC(CN)C1c1cc(F)ccc1F. The molecule has 2 atom stereocenters. The number of halogens is 2. The molecule has 5 heteroatoms. The quantitative estimate of drug-likeness (QED) is 0.849. The van der Waals surface area contributed by atoms with E-state index in [-0.39, 0.29) is 18.7 Å². The van der Waals surface area contributed by atoms with Crippen molar-refractivity contribution in [3.05, 3.63) is 35.4 Å². The number of morpholine rings is 1. The summed E-state index contributed by atoms with van der Waals surface area (Å²) in [6, 6.07) is 3.14. The molecule has 0 aromatic heterocycles. The van der Waals surface area contributed by atoms with Crippen LogP contribution in [0.2, 0.25) is 0 Å². The molecular formula is C12H16F2N2O. The van der Waals surface area contributed by atoms with Crippen LogP contribution in [0.3, 0.4) is 0 Å². The molecular weight excluding hydrogens is 226 g/mol. The molecule has 1 heterocycles. The Labute approximate surface area is 99.2 Å². The van der Waals surface area contributed by atoms with Crippen molar-refractivity contribution in [1.82, 2.24) is 4.90 Å². The third-order valence-electron chi connectivity index (χ3n) is 3.11. The third-order valence-corrected chi connectivity index (χ3v) is 3.11. The van der Waals surface area contributed by atoms with Gasteiger partial charge in [-0.25, -0.2) is 8.78 Å². The van der Waals surface area contributed by atoms with Crippen LogP contribution in [-0.2, 0) is 4.74 Å². The van der Waals surface area contributed by atoms with Crippen molar-refractivity contribution in [3.8, 4) is 0 Å². The fourth-order valence-electron chi connectivity index (χ4n) is 2.24. The van der Waals surface area contributed by atoms with Crippen molar-refractivity contribution < 1.29 is 13.5 Å². The summed E-state index contributed by atoms with van der Waals surface area (Å²) in [5.41, 5.74) is 5.92. The minimum atomic E-state index is -0.448. The number of ether oxygens (including phenoxy) is 1. The first kappa shape index (κ1) is 12.4. The lowest BCUT2D eigenvalue weighted by Gasteiger charge is -2.39. The van der Waals surface area contributed by atoms with Gasteiger partial charge in [0.1, 0.15) is 11.6 Å². The zero-order valence-electron chi connectivity index (χ0n) is 9.70. The highest BCUT2D eigenvalue weighted by atomic mass is 19.1. The van der Waals surface area contributed by atoms with Gasteiger partial charge >= 0.3 is 0 Å². The van der Waals surface area contributed by atoms with Crippen LogP contribution in [0.15, 0.2) is 18.2 Å². The van der Waals surface area contributed by atoms with Gasteiger partial charge in [-0.2, -0.15) is 0 Å². The van der Waals surface area contributed by atoms with E-state index in [1.54, 1.807) is 0 Å². The smallest absolute Gasteiger partial charge is 0.128 e. The lowest BCUT2D eigenvalue weighted by molar-refractivity contribution is -0.0587. The highest BCUT2D eigenvalue weighted by Crippen LogP contribution is 2.30. The molecule has 0 aliphatic carbocycles. The van der Waals surface area contributed by atoms with Crippen LogP contribution in [0.5, 0.6) is 0 Å². The summed E-state index contributed by atoms with van der Waals surface area (Å²) in [4.78, 5) is 1.94. The van der Waals surface area contributed by atoms with Crippen LogP contribution in [-0.4, -0.2) is 37.7 Å². The average molecular weight is 242 g/mol. The molecule has 17 heavy (non-hydrogen) atoms. The van der Waals surface area contributed by atoms with E-state index in [4.69, 9.17) is 10.5 Å². The summed E-state index contributed by atoms with van der Waals surface area (Å²) in [5, 5.41) is 0. The molecule has 2 unspecified atom stereocenters. The molecule has 1 saturated heterocycles. The first-order valence-electron chi connectivity index (χ1n) is 5.60. The van der Waals surface area contributed by atoms with E-state index >= 15 is 0 Å². The molecule has 2 rings (SSSR count). The number of rotatable bonds is 2. The van der Waals surface area contributed by atoms with Crippen molar-refractivity contribution in [1.29, 1.82) is 0 Å². The number of nitrogens with two attached hydrogens (primary N) is 1. The first-order chi connectivity index (χ1) is 8.13. The molecule has 1 aromatic rings. The molecule has 0 amide bonds. The molecule has 0 bridgehead atoms. The second-order valence-electron chi connectivity index (χ2n) is 4.24. The zero-order valence-corrected chi connectivity index (χ0v) is 9.70. The maximum Gasteiger partial charge on any atom is 0.128 e. The molecule has 3 nitrogen and oxygen atoms in total. The van der Waals surface area contributed by atoms with Gasteiger partial charge in [-0.05, 0) is 25.2 Å². The van der Waals surface area contributed by atoms with E-state index < -0.39 is 11.6 Å². The summed E-state index contributed by atoms with van der Waals surface area (Å²) in [6.45, 7) is 1.52. The Morgan fingerprint density at radius 3 is 2.94 bits per heavy atom.